The minimum Gasteiger partial charge on any atom is -0.322 e. The van der Waals surface area contributed by atoms with Gasteiger partial charge in [-0.15, -0.1) is 5.10 Å². The van der Waals surface area contributed by atoms with Gasteiger partial charge in [0.1, 0.15) is 6.33 Å². The second kappa shape index (κ2) is 5.92. The van der Waals surface area contributed by atoms with Gasteiger partial charge < -0.3 is 5.32 Å². The summed E-state index contributed by atoms with van der Waals surface area (Å²) >= 11 is 0. The van der Waals surface area contributed by atoms with Gasteiger partial charge in [-0.3, -0.25) is 4.79 Å². The molecule has 1 amide bonds. The highest BCUT2D eigenvalue weighted by Crippen LogP contribution is 2.20. The summed E-state index contributed by atoms with van der Waals surface area (Å²) < 4.78 is 1.47. The molecule has 6 heteroatoms. The number of nitrogens with one attached hydrogen (secondary N) is 1. The first-order chi connectivity index (χ1) is 11.8. The summed E-state index contributed by atoms with van der Waals surface area (Å²) in [5, 5.41) is 16.2. The lowest BCUT2D eigenvalue weighted by Crippen LogP contribution is -2.15. The van der Waals surface area contributed by atoms with Crippen molar-refractivity contribution in [3.63, 3.8) is 0 Å². The first-order valence-electron chi connectivity index (χ1n) is 7.44. The van der Waals surface area contributed by atoms with E-state index in [0.29, 0.717) is 11.3 Å². The van der Waals surface area contributed by atoms with E-state index >= 15 is 0 Å². The Hall–Kier alpha value is -3.54. The number of fused-ring (bicyclic) bond motifs is 1. The van der Waals surface area contributed by atoms with Crippen LogP contribution in [0.3, 0.4) is 0 Å². The Bertz CT molecular complexity index is 1010. The van der Waals surface area contributed by atoms with E-state index < -0.39 is 0 Å². The van der Waals surface area contributed by atoms with Gasteiger partial charge in [0.05, 0.1) is 11.3 Å². The third-order valence-electron chi connectivity index (χ3n) is 3.75. The van der Waals surface area contributed by atoms with Gasteiger partial charge in [-0.1, -0.05) is 42.5 Å². The molecule has 0 aliphatic carbocycles. The number of amides is 1. The predicted molar refractivity (Wildman–Crippen MR) is 91.1 cm³/mol. The Morgan fingerprint density at radius 2 is 1.71 bits per heavy atom. The molecule has 0 aliphatic rings. The van der Waals surface area contributed by atoms with Crippen LogP contribution in [0.4, 0.5) is 5.69 Å². The molecule has 1 aromatic heterocycles. The molecule has 24 heavy (non-hydrogen) atoms. The summed E-state index contributed by atoms with van der Waals surface area (Å²) in [5.41, 5.74) is 1.86. The molecule has 0 unspecified atom stereocenters. The van der Waals surface area contributed by atoms with Crippen molar-refractivity contribution < 1.29 is 4.79 Å². The average molecular weight is 315 g/mol. The number of hydrogen-bond donors (Lipinski definition) is 1. The first kappa shape index (κ1) is 14.1. The summed E-state index contributed by atoms with van der Waals surface area (Å²) in [4.78, 5) is 12.7. The summed E-state index contributed by atoms with van der Waals surface area (Å²) in [5.74, 6) is -0.212. The molecule has 4 aromatic rings. The van der Waals surface area contributed by atoms with Gasteiger partial charge in [-0.2, -0.15) is 4.68 Å². The number of para-hydroxylation sites is 1. The molecule has 0 atom stereocenters. The third-order valence-corrected chi connectivity index (χ3v) is 3.75. The highest BCUT2D eigenvalue weighted by atomic mass is 16.1. The minimum absolute atomic E-state index is 0.212. The minimum atomic E-state index is -0.212. The maximum atomic E-state index is 12.7. The van der Waals surface area contributed by atoms with Crippen LogP contribution in [0, 0.1) is 0 Å². The summed E-state index contributed by atoms with van der Waals surface area (Å²) in [6, 6.07) is 21.0. The van der Waals surface area contributed by atoms with Gasteiger partial charge in [-0.05, 0) is 45.5 Å². The molecule has 3 aromatic carbocycles. The van der Waals surface area contributed by atoms with E-state index in [1.807, 2.05) is 54.6 Å². The van der Waals surface area contributed by atoms with Gasteiger partial charge in [0.15, 0.2) is 0 Å². The topological polar surface area (TPSA) is 72.7 Å². The molecule has 1 N–H and O–H groups in total. The summed E-state index contributed by atoms with van der Waals surface area (Å²) in [7, 11) is 0. The van der Waals surface area contributed by atoms with Crippen molar-refractivity contribution in [1.29, 1.82) is 0 Å². The molecule has 0 aliphatic heterocycles. The number of aromatic nitrogens is 4. The van der Waals surface area contributed by atoms with Crippen LogP contribution in [0.1, 0.15) is 10.4 Å². The van der Waals surface area contributed by atoms with E-state index in [1.54, 1.807) is 12.1 Å². The number of rotatable bonds is 3. The van der Waals surface area contributed by atoms with Gasteiger partial charge in [-0.25, -0.2) is 0 Å². The Labute approximate surface area is 137 Å². The van der Waals surface area contributed by atoms with Crippen LogP contribution >= 0.6 is 0 Å². The van der Waals surface area contributed by atoms with Crippen molar-refractivity contribution >= 4 is 22.4 Å². The molecule has 0 radical (unpaired) electrons. The van der Waals surface area contributed by atoms with Gasteiger partial charge in [0.25, 0.3) is 5.91 Å². The lowest BCUT2D eigenvalue weighted by Gasteiger charge is -2.10. The molecular formula is C18H13N5O. The zero-order valence-electron chi connectivity index (χ0n) is 12.6. The van der Waals surface area contributed by atoms with Crippen LogP contribution in [0.5, 0.6) is 0 Å². The Morgan fingerprint density at radius 1 is 0.917 bits per heavy atom. The van der Waals surface area contributed by atoms with Crippen molar-refractivity contribution in [1.82, 2.24) is 20.2 Å². The van der Waals surface area contributed by atoms with E-state index in [4.69, 9.17) is 0 Å². The smallest absolute Gasteiger partial charge is 0.257 e. The Kier molecular flexibility index (Phi) is 3.47. The van der Waals surface area contributed by atoms with Crippen molar-refractivity contribution in [3.8, 4) is 5.69 Å². The van der Waals surface area contributed by atoms with Crippen molar-refractivity contribution in [2.75, 3.05) is 5.32 Å². The molecule has 0 saturated carbocycles. The average Bonchev–Trinajstić information content (AvgIpc) is 3.16. The molecule has 4 rings (SSSR count). The molecule has 0 fully saturated rings. The van der Waals surface area contributed by atoms with E-state index in [9.17, 15) is 4.79 Å². The number of carbonyl (C=O) groups is 1. The second-order valence-electron chi connectivity index (χ2n) is 5.29. The standard InChI is InChI=1S/C18H13N5O/c24-18(16-7-3-4-8-17(16)23-12-19-21-22-23)20-15-10-9-13-5-1-2-6-14(13)11-15/h1-12H,(H,20,24). The SMILES string of the molecule is O=C(Nc1ccc2ccccc2c1)c1ccccc1-n1cnnn1. The Morgan fingerprint density at radius 3 is 2.54 bits per heavy atom. The zero-order valence-corrected chi connectivity index (χ0v) is 12.6. The first-order valence-corrected chi connectivity index (χ1v) is 7.44. The zero-order chi connectivity index (χ0) is 16.4. The molecule has 1 heterocycles. The van der Waals surface area contributed by atoms with E-state index in [1.165, 1.54) is 11.0 Å². The fourth-order valence-corrected chi connectivity index (χ4v) is 2.60. The number of carbonyl (C=O) groups excluding carboxylic acids is 1. The molecule has 6 nitrogen and oxygen atoms in total. The van der Waals surface area contributed by atoms with Gasteiger partial charge >= 0.3 is 0 Å². The largest absolute Gasteiger partial charge is 0.322 e. The molecule has 0 spiro atoms. The number of tetrazole rings is 1. The number of anilines is 1. The maximum absolute atomic E-state index is 12.7. The highest BCUT2D eigenvalue weighted by molar-refractivity contribution is 6.07. The fraction of sp³-hybridized carbons (Fsp3) is 0. The Balaban J connectivity index is 1.67. The maximum Gasteiger partial charge on any atom is 0.257 e. The van der Waals surface area contributed by atoms with Crippen molar-refractivity contribution in [2.45, 2.75) is 0 Å². The van der Waals surface area contributed by atoms with Crippen LogP contribution in [-0.2, 0) is 0 Å². The van der Waals surface area contributed by atoms with Crippen LogP contribution < -0.4 is 5.32 Å². The van der Waals surface area contributed by atoms with Crippen LogP contribution in [0.15, 0.2) is 73.1 Å². The summed E-state index contributed by atoms with van der Waals surface area (Å²) in [6.45, 7) is 0. The van der Waals surface area contributed by atoms with Gasteiger partial charge in [0, 0.05) is 5.69 Å². The van der Waals surface area contributed by atoms with Crippen LogP contribution in [0.25, 0.3) is 16.5 Å². The quantitative estimate of drug-likeness (QED) is 0.630. The monoisotopic (exact) mass is 315 g/mol. The van der Waals surface area contributed by atoms with Crippen LogP contribution in [0.2, 0.25) is 0 Å². The lowest BCUT2D eigenvalue weighted by atomic mass is 10.1. The van der Waals surface area contributed by atoms with E-state index in [-0.39, 0.29) is 5.91 Å². The second-order valence-corrected chi connectivity index (χ2v) is 5.29. The molecular weight excluding hydrogens is 302 g/mol. The van der Waals surface area contributed by atoms with Crippen molar-refractivity contribution in [2.24, 2.45) is 0 Å². The normalized spacial score (nSPS) is 10.7. The number of nitrogens with zero attached hydrogens (tertiary/aromatic N) is 4. The fourth-order valence-electron chi connectivity index (χ4n) is 2.60. The molecule has 0 saturated heterocycles. The van der Waals surface area contributed by atoms with E-state index in [2.05, 4.69) is 20.8 Å². The third kappa shape index (κ3) is 2.61. The molecule has 116 valence electrons. The van der Waals surface area contributed by atoms with E-state index in [0.717, 1.165) is 16.5 Å². The van der Waals surface area contributed by atoms with Gasteiger partial charge in [0.2, 0.25) is 0 Å². The summed E-state index contributed by atoms with van der Waals surface area (Å²) in [6.07, 6.45) is 1.46. The number of benzene rings is 3. The lowest BCUT2D eigenvalue weighted by molar-refractivity contribution is 0.102. The number of hydrogen-bond acceptors (Lipinski definition) is 4. The van der Waals surface area contributed by atoms with Crippen molar-refractivity contribution in [3.05, 3.63) is 78.6 Å². The predicted octanol–water partition coefficient (Wildman–Crippen LogP) is 3.07. The van der Waals surface area contributed by atoms with Crippen LogP contribution in [-0.4, -0.2) is 26.1 Å². The molecule has 0 bridgehead atoms. The highest BCUT2D eigenvalue weighted by Gasteiger charge is 2.13.